The summed E-state index contributed by atoms with van der Waals surface area (Å²) in [5.41, 5.74) is 1.75. The highest BCUT2D eigenvalue weighted by Gasteiger charge is 2.40. The Morgan fingerprint density at radius 1 is 1.32 bits per heavy atom. The van der Waals surface area contributed by atoms with Gasteiger partial charge in [0.1, 0.15) is 11.9 Å². The van der Waals surface area contributed by atoms with Crippen LogP contribution in [0.15, 0.2) is 30.3 Å². The molecular weight excluding hydrogens is 377 g/mol. The summed E-state index contributed by atoms with van der Waals surface area (Å²) in [4.78, 5) is 35.0. The molecule has 1 fully saturated rings. The van der Waals surface area contributed by atoms with Crippen LogP contribution in [0, 0.1) is 5.41 Å². The number of nitrogens with zero attached hydrogens (tertiary/aromatic N) is 2. The third-order valence-electron chi connectivity index (χ3n) is 4.63. The monoisotopic (exact) mass is 398 g/mol. The highest BCUT2D eigenvalue weighted by atomic mass is 19.4. The van der Waals surface area contributed by atoms with Gasteiger partial charge in [-0.3, -0.25) is 19.8 Å². The second kappa shape index (κ2) is 7.08. The number of hydrogen-bond acceptors (Lipinski definition) is 5. The molecule has 0 aliphatic carbocycles. The molecule has 2 atom stereocenters. The Morgan fingerprint density at radius 2 is 2.04 bits per heavy atom. The topological polar surface area (TPSA) is 83.6 Å². The molecular formula is C18H21F3N4O3. The Morgan fingerprint density at radius 3 is 2.57 bits per heavy atom. The second-order valence-corrected chi connectivity index (χ2v) is 7.80. The van der Waals surface area contributed by atoms with E-state index in [-0.39, 0.29) is 41.9 Å². The maximum absolute atomic E-state index is 12.7. The van der Waals surface area contributed by atoms with Crippen LogP contribution < -0.4 is 15.7 Å². The molecule has 0 radical (unpaired) electrons. The average Bonchev–Trinajstić information content (AvgIpc) is 3.20. The minimum atomic E-state index is -4.53. The summed E-state index contributed by atoms with van der Waals surface area (Å²) in [5, 5.41) is 2.61. The summed E-state index contributed by atoms with van der Waals surface area (Å²) < 4.78 is 38.1. The van der Waals surface area contributed by atoms with Gasteiger partial charge in [0, 0.05) is 12.6 Å². The fraction of sp³-hybridized carbons (Fsp3) is 0.500. The first-order valence-corrected chi connectivity index (χ1v) is 8.77. The number of hydrogen-bond donors (Lipinski definition) is 2. The van der Waals surface area contributed by atoms with Crippen LogP contribution >= 0.6 is 0 Å². The maximum Gasteiger partial charge on any atom is 0.417 e. The molecule has 2 aliphatic rings. The molecule has 0 saturated carbocycles. The molecule has 2 amide bonds. The normalized spacial score (nSPS) is 22.9. The highest BCUT2D eigenvalue weighted by Crippen LogP contribution is 2.31. The summed E-state index contributed by atoms with van der Waals surface area (Å²) in [7, 11) is 0. The van der Waals surface area contributed by atoms with Crippen molar-refractivity contribution in [2.45, 2.75) is 51.9 Å². The first kappa shape index (κ1) is 20.1. The molecule has 1 unspecified atom stereocenters. The molecule has 0 bridgehead atoms. The summed E-state index contributed by atoms with van der Waals surface area (Å²) in [6.07, 6.45) is -1.81. The van der Waals surface area contributed by atoms with Crippen LogP contribution in [-0.2, 0) is 20.6 Å². The van der Waals surface area contributed by atoms with Crippen molar-refractivity contribution in [3.8, 4) is 0 Å². The van der Waals surface area contributed by atoms with E-state index in [9.17, 15) is 22.8 Å². The van der Waals surface area contributed by atoms with Crippen LogP contribution in [0.4, 0.5) is 19.0 Å². The first-order valence-electron chi connectivity index (χ1n) is 8.77. The quantitative estimate of drug-likeness (QED) is 0.818. The minimum Gasteiger partial charge on any atom is -0.390 e. The number of alkyl halides is 3. The summed E-state index contributed by atoms with van der Waals surface area (Å²) in [5.74, 6) is -0.637. The number of carbonyl (C=O) groups excluding carboxylic acids is 2. The van der Waals surface area contributed by atoms with E-state index < -0.39 is 23.7 Å². The van der Waals surface area contributed by atoms with Crippen LogP contribution in [0.2, 0.25) is 0 Å². The molecule has 28 heavy (non-hydrogen) atoms. The van der Waals surface area contributed by atoms with E-state index in [1.54, 1.807) is 6.08 Å². The molecule has 10 heteroatoms. The number of carbonyl (C=O) groups is 2. The standard InChI is InChI=1S/C18H21F3N4O3/c1-17(2,3)12-8-14(28-24-12)23-16(27)11-5-7-15(26)25(11)13-6-4-10(9-22-13)18(19,20)21/h4,6,8-9,11-12,24H,5,7H2,1-3H3,(H,23,27)/t11-,12?/m0/s1. The van der Waals surface area contributed by atoms with Crippen molar-refractivity contribution in [1.29, 1.82) is 0 Å². The van der Waals surface area contributed by atoms with Gasteiger partial charge in [0.15, 0.2) is 0 Å². The maximum atomic E-state index is 12.7. The van der Waals surface area contributed by atoms with E-state index in [0.29, 0.717) is 6.20 Å². The van der Waals surface area contributed by atoms with Crippen molar-refractivity contribution in [2.24, 2.45) is 5.41 Å². The predicted octanol–water partition coefficient (Wildman–Crippen LogP) is 2.50. The van der Waals surface area contributed by atoms with Crippen molar-refractivity contribution < 1.29 is 27.6 Å². The van der Waals surface area contributed by atoms with Gasteiger partial charge >= 0.3 is 6.18 Å². The van der Waals surface area contributed by atoms with Gasteiger partial charge in [0.25, 0.3) is 0 Å². The molecule has 2 aliphatic heterocycles. The van der Waals surface area contributed by atoms with Gasteiger partial charge in [-0.25, -0.2) is 4.98 Å². The summed E-state index contributed by atoms with van der Waals surface area (Å²) in [6.45, 7) is 6.01. The smallest absolute Gasteiger partial charge is 0.390 e. The van der Waals surface area contributed by atoms with Crippen LogP contribution in [0.5, 0.6) is 0 Å². The Balaban J connectivity index is 1.74. The van der Waals surface area contributed by atoms with Gasteiger partial charge in [0.2, 0.25) is 17.7 Å². The molecule has 1 aromatic heterocycles. The van der Waals surface area contributed by atoms with E-state index in [4.69, 9.17) is 4.84 Å². The second-order valence-electron chi connectivity index (χ2n) is 7.80. The lowest BCUT2D eigenvalue weighted by molar-refractivity contribution is -0.137. The molecule has 2 N–H and O–H groups in total. The van der Waals surface area contributed by atoms with Gasteiger partial charge < -0.3 is 4.84 Å². The van der Waals surface area contributed by atoms with E-state index in [0.717, 1.165) is 17.0 Å². The Labute approximate surface area is 159 Å². The van der Waals surface area contributed by atoms with Gasteiger partial charge in [0.05, 0.1) is 11.6 Å². The lowest BCUT2D eigenvalue weighted by Crippen LogP contribution is -2.45. The zero-order valence-corrected chi connectivity index (χ0v) is 15.6. The molecule has 152 valence electrons. The molecule has 7 nitrogen and oxygen atoms in total. The zero-order valence-electron chi connectivity index (χ0n) is 15.6. The lowest BCUT2D eigenvalue weighted by atomic mass is 9.87. The van der Waals surface area contributed by atoms with Gasteiger partial charge in [-0.1, -0.05) is 20.8 Å². The van der Waals surface area contributed by atoms with Crippen molar-refractivity contribution in [3.05, 3.63) is 35.9 Å². The van der Waals surface area contributed by atoms with E-state index in [1.807, 2.05) is 20.8 Å². The molecule has 0 aromatic carbocycles. The minimum absolute atomic E-state index is 0.00247. The van der Waals surface area contributed by atoms with Crippen molar-refractivity contribution >= 4 is 17.6 Å². The van der Waals surface area contributed by atoms with Crippen LogP contribution in [0.1, 0.15) is 39.2 Å². The number of rotatable bonds is 3. The summed E-state index contributed by atoms with van der Waals surface area (Å²) >= 11 is 0. The third kappa shape index (κ3) is 4.11. The molecule has 0 spiro atoms. The van der Waals surface area contributed by atoms with Crippen LogP contribution in [0.25, 0.3) is 0 Å². The number of amides is 2. The Hall–Kier alpha value is -2.62. The van der Waals surface area contributed by atoms with Crippen LogP contribution in [0.3, 0.4) is 0 Å². The number of anilines is 1. The predicted molar refractivity (Wildman–Crippen MR) is 93.4 cm³/mol. The number of nitrogens with one attached hydrogen (secondary N) is 2. The van der Waals surface area contributed by atoms with E-state index in [2.05, 4.69) is 15.8 Å². The SMILES string of the molecule is CC(C)(C)C1C=C(NC(=O)[C@@H]2CCC(=O)N2c2ccc(C(F)(F)F)cn2)ON1. The van der Waals surface area contributed by atoms with Gasteiger partial charge in [-0.15, -0.1) is 5.48 Å². The zero-order chi connectivity index (χ0) is 20.7. The van der Waals surface area contributed by atoms with E-state index in [1.165, 1.54) is 0 Å². The molecule has 1 saturated heterocycles. The van der Waals surface area contributed by atoms with Crippen molar-refractivity contribution in [2.75, 3.05) is 4.90 Å². The Kier molecular flexibility index (Phi) is 5.09. The fourth-order valence-corrected chi connectivity index (χ4v) is 2.96. The number of halogens is 3. The molecule has 3 heterocycles. The van der Waals surface area contributed by atoms with Gasteiger partial charge in [-0.05, 0) is 30.0 Å². The lowest BCUT2D eigenvalue weighted by Gasteiger charge is -2.23. The van der Waals surface area contributed by atoms with Crippen LogP contribution in [-0.4, -0.2) is 28.9 Å². The molecule has 1 aromatic rings. The highest BCUT2D eigenvalue weighted by molar-refractivity contribution is 6.03. The number of hydroxylamine groups is 1. The molecule has 3 rings (SSSR count). The van der Waals surface area contributed by atoms with E-state index >= 15 is 0 Å². The van der Waals surface area contributed by atoms with Crippen molar-refractivity contribution in [3.63, 3.8) is 0 Å². The largest absolute Gasteiger partial charge is 0.417 e. The fourth-order valence-electron chi connectivity index (χ4n) is 2.96. The number of aromatic nitrogens is 1. The van der Waals surface area contributed by atoms with Gasteiger partial charge in [-0.2, -0.15) is 13.2 Å². The third-order valence-corrected chi connectivity index (χ3v) is 4.63. The number of pyridine rings is 1. The average molecular weight is 398 g/mol. The van der Waals surface area contributed by atoms with Crippen molar-refractivity contribution in [1.82, 2.24) is 15.8 Å². The Bertz CT molecular complexity index is 800. The first-order chi connectivity index (χ1) is 13.0. The summed E-state index contributed by atoms with van der Waals surface area (Å²) in [6, 6.07) is 0.939.